The number of carbonyl (C=O) groups is 1. The lowest BCUT2D eigenvalue weighted by Gasteiger charge is -2.31. The molecule has 7 heteroatoms. The Kier molecular flexibility index (Phi) is 7.42. The van der Waals surface area contributed by atoms with Gasteiger partial charge in [0.25, 0.3) is 0 Å². The number of piperidine rings is 1. The Bertz CT molecular complexity index is 725. The Labute approximate surface area is 163 Å². The van der Waals surface area contributed by atoms with Gasteiger partial charge in [-0.3, -0.25) is 4.79 Å². The van der Waals surface area contributed by atoms with Gasteiger partial charge in [0.05, 0.1) is 11.3 Å². The molecule has 1 atom stereocenters. The first-order valence-electron chi connectivity index (χ1n) is 9.76. The fourth-order valence-corrected chi connectivity index (χ4v) is 5.20. The van der Waals surface area contributed by atoms with Crippen LogP contribution in [-0.4, -0.2) is 43.8 Å². The fraction of sp³-hybridized carbons (Fsp3) is 0.650. The van der Waals surface area contributed by atoms with Gasteiger partial charge < -0.3 is 11.1 Å². The third-order valence-corrected chi connectivity index (χ3v) is 6.90. The minimum absolute atomic E-state index is 0.102. The minimum Gasteiger partial charge on any atom is -0.349 e. The van der Waals surface area contributed by atoms with E-state index in [1.165, 1.54) is 0 Å². The number of carbonyl (C=O) groups excluding carboxylic acids is 1. The maximum atomic E-state index is 12.7. The van der Waals surface area contributed by atoms with Gasteiger partial charge in [-0.1, -0.05) is 32.4 Å². The molecule has 1 unspecified atom stereocenters. The quantitative estimate of drug-likeness (QED) is 0.706. The number of nitrogens with one attached hydrogen (secondary N) is 1. The van der Waals surface area contributed by atoms with Crippen molar-refractivity contribution in [3.8, 4) is 0 Å². The van der Waals surface area contributed by atoms with Crippen molar-refractivity contribution in [2.24, 2.45) is 11.7 Å². The topological polar surface area (TPSA) is 92.5 Å². The molecule has 1 aromatic rings. The molecule has 1 aliphatic heterocycles. The van der Waals surface area contributed by atoms with Gasteiger partial charge >= 0.3 is 0 Å². The van der Waals surface area contributed by atoms with Crippen LogP contribution >= 0.6 is 0 Å². The fourth-order valence-electron chi connectivity index (χ4n) is 3.69. The van der Waals surface area contributed by atoms with E-state index in [0.717, 1.165) is 31.2 Å². The van der Waals surface area contributed by atoms with E-state index in [0.29, 0.717) is 30.4 Å². The summed E-state index contributed by atoms with van der Waals surface area (Å²) < 4.78 is 26.9. The van der Waals surface area contributed by atoms with Gasteiger partial charge in [0.15, 0.2) is 0 Å². The van der Waals surface area contributed by atoms with Crippen LogP contribution in [0, 0.1) is 5.92 Å². The average molecular weight is 396 g/mol. The van der Waals surface area contributed by atoms with Crippen LogP contribution in [0.3, 0.4) is 0 Å². The first kappa shape index (κ1) is 21.9. The number of amides is 1. The monoisotopic (exact) mass is 395 g/mol. The third kappa shape index (κ3) is 6.02. The standard InChI is InChI=1S/C20H33N3O3S/c1-16(2)14-20(3,15-21)22-19(24)13-17-7-9-18(10-8-17)27(25,26)23-11-5-4-6-12-23/h7-10,16H,4-6,11-15,21H2,1-3H3,(H,22,24). The highest BCUT2D eigenvalue weighted by molar-refractivity contribution is 7.89. The molecule has 1 aromatic carbocycles. The van der Waals surface area contributed by atoms with Gasteiger partial charge in [0, 0.05) is 25.2 Å². The predicted molar refractivity (Wildman–Crippen MR) is 108 cm³/mol. The van der Waals surface area contributed by atoms with Gasteiger partial charge in [0.1, 0.15) is 0 Å². The summed E-state index contributed by atoms with van der Waals surface area (Å²) in [5.41, 5.74) is 6.21. The molecular weight excluding hydrogens is 362 g/mol. The largest absolute Gasteiger partial charge is 0.349 e. The van der Waals surface area contributed by atoms with Crippen molar-refractivity contribution in [2.75, 3.05) is 19.6 Å². The van der Waals surface area contributed by atoms with Gasteiger partial charge in [-0.15, -0.1) is 0 Å². The number of nitrogens with zero attached hydrogens (tertiary/aromatic N) is 1. The number of sulfonamides is 1. The summed E-state index contributed by atoms with van der Waals surface area (Å²) in [5.74, 6) is 0.327. The summed E-state index contributed by atoms with van der Waals surface area (Å²) >= 11 is 0. The molecule has 6 nitrogen and oxygen atoms in total. The van der Waals surface area contributed by atoms with E-state index in [9.17, 15) is 13.2 Å². The molecule has 0 saturated carbocycles. The van der Waals surface area contributed by atoms with E-state index in [-0.39, 0.29) is 12.3 Å². The first-order chi connectivity index (χ1) is 12.7. The number of rotatable bonds is 8. The molecule has 0 bridgehead atoms. The highest BCUT2D eigenvalue weighted by Gasteiger charge is 2.27. The van der Waals surface area contributed by atoms with Crippen LogP contribution < -0.4 is 11.1 Å². The molecule has 1 amide bonds. The molecule has 2 rings (SSSR count). The van der Waals surface area contributed by atoms with E-state index < -0.39 is 15.6 Å². The second kappa shape index (κ2) is 9.17. The number of hydrogen-bond acceptors (Lipinski definition) is 4. The zero-order valence-electron chi connectivity index (χ0n) is 16.7. The number of nitrogens with two attached hydrogens (primary N) is 1. The summed E-state index contributed by atoms with van der Waals surface area (Å²) in [5, 5.41) is 3.03. The smallest absolute Gasteiger partial charge is 0.243 e. The second-order valence-corrected chi connectivity index (χ2v) is 10.1. The molecule has 152 valence electrons. The lowest BCUT2D eigenvalue weighted by atomic mass is 9.90. The van der Waals surface area contributed by atoms with Crippen LogP contribution in [0.25, 0.3) is 0 Å². The van der Waals surface area contributed by atoms with Crippen molar-refractivity contribution in [1.29, 1.82) is 0 Å². The summed E-state index contributed by atoms with van der Waals surface area (Å²) in [6.45, 7) is 7.70. The van der Waals surface area contributed by atoms with Crippen LogP contribution in [0.4, 0.5) is 0 Å². The van der Waals surface area contributed by atoms with E-state index >= 15 is 0 Å². The summed E-state index contributed by atoms with van der Waals surface area (Å²) in [4.78, 5) is 12.7. The summed E-state index contributed by atoms with van der Waals surface area (Å²) in [7, 11) is -3.44. The number of hydrogen-bond donors (Lipinski definition) is 2. The Morgan fingerprint density at radius 2 is 1.78 bits per heavy atom. The molecule has 1 heterocycles. The molecule has 0 aromatic heterocycles. The molecule has 0 aliphatic carbocycles. The Morgan fingerprint density at radius 1 is 1.19 bits per heavy atom. The maximum absolute atomic E-state index is 12.7. The van der Waals surface area contributed by atoms with Crippen molar-refractivity contribution >= 4 is 15.9 Å². The summed E-state index contributed by atoms with van der Waals surface area (Å²) in [6.07, 6.45) is 3.92. The van der Waals surface area contributed by atoms with Gasteiger partial charge in [0.2, 0.25) is 15.9 Å². The van der Waals surface area contributed by atoms with Crippen molar-refractivity contribution in [2.45, 2.75) is 63.3 Å². The molecular formula is C20H33N3O3S. The van der Waals surface area contributed by atoms with Crippen LogP contribution in [0.2, 0.25) is 0 Å². The third-order valence-electron chi connectivity index (χ3n) is 4.99. The molecule has 0 spiro atoms. The Balaban J connectivity index is 2.01. The van der Waals surface area contributed by atoms with Gasteiger partial charge in [-0.05, 0) is 49.8 Å². The highest BCUT2D eigenvalue weighted by Crippen LogP contribution is 2.21. The second-order valence-electron chi connectivity index (χ2n) is 8.20. The molecule has 27 heavy (non-hydrogen) atoms. The van der Waals surface area contributed by atoms with E-state index in [1.807, 2.05) is 6.92 Å². The lowest BCUT2D eigenvalue weighted by Crippen LogP contribution is -2.52. The molecule has 1 aliphatic rings. The van der Waals surface area contributed by atoms with E-state index in [1.54, 1.807) is 28.6 Å². The van der Waals surface area contributed by atoms with Crippen LogP contribution in [0.5, 0.6) is 0 Å². The Hall–Kier alpha value is -1.44. The van der Waals surface area contributed by atoms with Crippen LogP contribution in [0.15, 0.2) is 29.2 Å². The molecule has 0 radical (unpaired) electrons. The minimum atomic E-state index is -3.44. The van der Waals surface area contributed by atoms with Crippen molar-refractivity contribution in [1.82, 2.24) is 9.62 Å². The lowest BCUT2D eigenvalue weighted by molar-refractivity contribution is -0.122. The van der Waals surface area contributed by atoms with E-state index in [2.05, 4.69) is 19.2 Å². The zero-order valence-corrected chi connectivity index (χ0v) is 17.5. The molecule has 1 fully saturated rings. The highest BCUT2D eigenvalue weighted by atomic mass is 32.2. The van der Waals surface area contributed by atoms with Crippen molar-refractivity contribution in [3.63, 3.8) is 0 Å². The van der Waals surface area contributed by atoms with Crippen molar-refractivity contribution < 1.29 is 13.2 Å². The zero-order chi connectivity index (χ0) is 20.1. The van der Waals surface area contributed by atoms with Crippen molar-refractivity contribution in [3.05, 3.63) is 29.8 Å². The molecule has 1 saturated heterocycles. The maximum Gasteiger partial charge on any atom is 0.243 e. The normalized spacial score (nSPS) is 18.3. The SMILES string of the molecule is CC(C)CC(C)(CN)NC(=O)Cc1ccc(S(=O)(=O)N2CCCCC2)cc1. The van der Waals surface area contributed by atoms with Gasteiger partial charge in [-0.25, -0.2) is 8.42 Å². The van der Waals surface area contributed by atoms with Crippen LogP contribution in [-0.2, 0) is 21.2 Å². The number of benzene rings is 1. The molecule has 3 N–H and O–H groups in total. The van der Waals surface area contributed by atoms with E-state index in [4.69, 9.17) is 5.73 Å². The van der Waals surface area contributed by atoms with Gasteiger partial charge in [-0.2, -0.15) is 4.31 Å². The Morgan fingerprint density at radius 3 is 2.30 bits per heavy atom. The average Bonchev–Trinajstić information content (AvgIpc) is 2.62. The predicted octanol–water partition coefficient (Wildman–Crippen LogP) is 2.28. The summed E-state index contributed by atoms with van der Waals surface area (Å²) in [6, 6.07) is 6.64. The van der Waals surface area contributed by atoms with Crippen LogP contribution in [0.1, 0.15) is 52.0 Å². The first-order valence-corrected chi connectivity index (χ1v) is 11.2.